The van der Waals surface area contributed by atoms with E-state index in [-0.39, 0.29) is 6.79 Å². The van der Waals surface area contributed by atoms with Gasteiger partial charge in [0.05, 0.1) is 0 Å². The van der Waals surface area contributed by atoms with E-state index in [4.69, 9.17) is 21.1 Å². The zero-order chi connectivity index (χ0) is 14.5. The van der Waals surface area contributed by atoms with Gasteiger partial charge in [-0.25, -0.2) is 9.97 Å². The van der Waals surface area contributed by atoms with Gasteiger partial charge in [-0.3, -0.25) is 0 Å². The quantitative estimate of drug-likeness (QED) is 0.855. The van der Waals surface area contributed by atoms with Gasteiger partial charge in [-0.2, -0.15) is 0 Å². The van der Waals surface area contributed by atoms with Crippen LogP contribution in [0.4, 0.5) is 11.5 Å². The Morgan fingerprint density at radius 1 is 1.20 bits per heavy atom. The number of halogens is 1. The minimum atomic E-state index is 0.204. The summed E-state index contributed by atoms with van der Waals surface area (Å²) in [6.45, 7) is 4.17. The number of aryl methyl sites for hydroxylation is 1. The van der Waals surface area contributed by atoms with Crippen LogP contribution in [0.1, 0.15) is 11.1 Å². The molecule has 2 rings (SSSR count). The Morgan fingerprint density at radius 3 is 2.65 bits per heavy atom. The van der Waals surface area contributed by atoms with Gasteiger partial charge in [0.25, 0.3) is 0 Å². The number of aromatic nitrogens is 2. The normalized spacial score (nSPS) is 10.4. The molecule has 0 bridgehead atoms. The second kappa shape index (κ2) is 6.54. The highest BCUT2D eigenvalue weighted by Gasteiger charge is 2.11. The second-order valence-electron chi connectivity index (χ2n) is 4.25. The molecule has 1 heterocycles. The molecule has 2 aromatic rings. The summed E-state index contributed by atoms with van der Waals surface area (Å²) in [6, 6.07) is 3.87. The number of nitrogens with one attached hydrogen (secondary N) is 1. The van der Waals surface area contributed by atoms with Gasteiger partial charge in [-0.05, 0) is 25.5 Å². The first-order valence-corrected chi connectivity index (χ1v) is 6.46. The first kappa shape index (κ1) is 14.6. The minimum absolute atomic E-state index is 0.204. The fourth-order valence-corrected chi connectivity index (χ4v) is 1.97. The van der Waals surface area contributed by atoms with Crippen molar-refractivity contribution in [3.05, 3.63) is 40.8 Å². The van der Waals surface area contributed by atoms with Gasteiger partial charge in [-0.15, -0.1) is 0 Å². The van der Waals surface area contributed by atoms with E-state index in [9.17, 15) is 0 Å². The third-order valence-electron chi connectivity index (χ3n) is 2.85. The standard InChI is InChI=1S/C14H16ClN3O2/c1-9-4-5-11(20-8-19-3)10(2)12(9)18-14-13(15)16-6-7-17-14/h4-7H,8H2,1-3H3,(H,17,18). The number of hydrogen-bond donors (Lipinski definition) is 1. The zero-order valence-electron chi connectivity index (χ0n) is 11.6. The number of hydrogen-bond acceptors (Lipinski definition) is 5. The summed E-state index contributed by atoms with van der Waals surface area (Å²) in [7, 11) is 1.59. The van der Waals surface area contributed by atoms with Crippen LogP contribution < -0.4 is 10.1 Å². The average Bonchev–Trinajstić information content (AvgIpc) is 2.44. The maximum atomic E-state index is 6.01. The van der Waals surface area contributed by atoms with E-state index in [1.54, 1.807) is 19.5 Å². The Hall–Kier alpha value is -1.85. The molecule has 0 spiro atoms. The van der Waals surface area contributed by atoms with Gasteiger partial charge in [-0.1, -0.05) is 17.7 Å². The Morgan fingerprint density at radius 2 is 1.95 bits per heavy atom. The molecule has 0 aliphatic rings. The van der Waals surface area contributed by atoms with E-state index >= 15 is 0 Å². The molecule has 0 saturated carbocycles. The Bertz CT molecular complexity index is 605. The molecule has 0 aliphatic heterocycles. The Balaban J connectivity index is 2.33. The lowest BCUT2D eigenvalue weighted by Gasteiger charge is -2.16. The van der Waals surface area contributed by atoms with Crippen molar-refractivity contribution >= 4 is 23.1 Å². The lowest BCUT2D eigenvalue weighted by Crippen LogP contribution is -2.04. The van der Waals surface area contributed by atoms with Crippen LogP contribution in [-0.2, 0) is 4.74 Å². The molecule has 20 heavy (non-hydrogen) atoms. The molecule has 0 fully saturated rings. The highest BCUT2D eigenvalue weighted by atomic mass is 35.5. The van der Waals surface area contributed by atoms with E-state index in [0.717, 1.165) is 22.6 Å². The van der Waals surface area contributed by atoms with Crippen molar-refractivity contribution in [2.75, 3.05) is 19.2 Å². The van der Waals surface area contributed by atoms with Crippen LogP contribution in [0.15, 0.2) is 24.5 Å². The van der Waals surface area contributed by atoms with Crippen molar-refractivity contribution in [3.8, 4) is 5.75 Å². The Labute approximate surface area is 122 Å². The SMILES string of the molecule is COCOc1ccc(C)c(Nc2nccnc2Cl)c1C. The van der Waals surface area contributed by atoms with E-state index < -0.39 is 0 Å². The van der Waals surface area contributed by atoms with Crippen LogP contribution in [0.3, 0.4) is 0 Å². The van der Waals surface area contributed by atoms with Crippen molar-refractivity contribution in [1.82, 2.24) is 9.97 Å². The first-order chi connectivity index (χ1) is 9.63. The number of anilines is 2. The molecule has 0 radical (unpaired) electrons. The highest BCUT2D eigenvalue weighted by Crippen LogP contribution is 2.32. The smallest absolute Gasteiger partial charge is 0.188 e. The summed E-state index contributed by atoms with van der Waals surface area (Å²) in [5.41, 5.74) is 2.93. The van der Waals surface area contributed by atoms with Crippen molar-refractivity contribution < 1.29 is 9.47 Å². The van der Waals surface area contributed by atoms with E-state index in [0.29, 0.717) is 11.0 Å². The van der Waals surface area contributed by atoms with Crippen LogP contribution >= 0.6 is 11.6 Å². The molecule has 6 heteroatoms. The van der Waals surface area contributed by atoms with Crippen molar-refractivity contribution in [2.24, 2.45) is 0 Å². The molecule has 106 valence electrons. The monoisotopic (exact) mass is 293 g/mol. The highest BCUT2D eigenvalue weighted by molar-refractivity contribution is 6.31. The van der Waals surface area contributed by atoms with Crippen LogP contribution in [0.2, 0.25) is 5.15 Å². The van der Waals surface area contributed by atoms with Crippen molar-refractivity contribution in [2.45, 2.75) is 13.8 Å². The van der Waals surface area contributed by atoms with E-state index in [1.165, 1.54) is 0 Å². The maximum absolute atomic E-state index is 6.01. The van der Waals surface area contributed by atoms with Gasteiger partial charge in [0.1, 0.15) is 5.75 Å². The minimum Gasteiger partial charge on any atom is -0.467 e. The lowest BCUT2D eigenvalue weighted by atomic mass is 10.1. The number of ether oxygens (including phenoxy) is 2. The molecular weight excluding hydrogens is 278 g/mol. The fourth-order valence-electron chi connectivity index (χ4n) is 1.82. The average molecular weight is 294 g/mol. The largest absolute Gasteiger partial charge is 0.467 e. The zero-order valence-corrected chi connectivity index (χ0v) is 12.4. The second-order valence-corrected chi connectivity index (χ2v) is 4.61. The summed E-state index contributed by atoms with van der Waals surface area (Å²) in [5.74, 6) is 1.27. The Kier molecular flexibility index (Phi) is 4.76. The molecule has 1 N–H and O–H groups in total. The first-order valence-electron chi connectivity index (χ1n) is 6.09. The molecular formula is C14H16ClN3O2. The number of benzene rings is 1. The number of rotatable bonds is 5. The predicted molar refractivity (Wildman–Crippen MR) is 78.7 cm³/mol. The van der Waals surface area contributed by atoms with Crippen LogP contribution in [0.5, 0.6) is 5.75 Å². The van der Waals surface area contributed by atoms with Gasteiger partial charge in [0, 0.05) is 30.8 Å². The fraction of sp³-hybridized carbons (Fsp3) is 0.286. The van der Waals surface area contributed by atoms with E-state index in [1.807, 2.05) is 26.0 Å². The molecule has 0 unspecified atom stereocenters. The number of nitrogens with zero attached hydrogens (tertiary/aromatic N) is 2. The molecule has 5 nitrogen and oxygen atoms in total. The molecule has 0 amide bonds. The molecule has 1 aromatic carbocycles. The maximum Gasteiger partial charge on any atom is 0.188 e. The van der Waals surface area contributed by atoms with Crippen LogP contribution in [-0.4, -0.2) is 23.9 Å². The summed E-state index contributed by atoms with van der Waals surface area (Å²) < 4.78 is 10.4. The van der Waals surface area contributed by atoms with Crippen molar-refractivity contribution in [1.29, 1.82) is 0 Å². The number of methoxy groups -OCH3 is 1. The molecule has 0 saturated heterocycles. The third kappa shape index (κ3) is 3.18. The summed E-state index contributed by atoms with van der Waals surface area (Å²) in [6.07, 6.45) is 3.13. The van der Waals surface area contributed by atoms with Crippen molar-refractivity contribution in [3.63, 3.8) is 0 Å². The molecule has 1 aromatic heterocycles. The summed E-state index contributed by atoms with van der Waals surface area (Å²) >= 11 is 6.01. The lowest BCUT2D eigenvalue weighted by molar-refractivity contribution is 0.0507. The summed E-state index contributed by atoms with van der Waals surface area (Å²) in [5, 5.41) is 3.53. The summed E-state index contributed by atoms with van der Waals surface area (Å²) in [4.78, 5) is 8.17. The predicted octanol–water partition coefficient (Wildman–Crippen LogP) is 3.47. The third-order valence-corrected chi connectivity index (χ3v) is 3.13. The van der Waals surface area contributed by atoms with Gasteiger partial charge >= 0.3 is 0 Å². The van der Waals surface area contributed by atoms with Gasteiger partial charge in [0.15, 0.2) is 17.8 Å². The molecule has 0 atom stereocenters. The topological polar surface area (TPSA) is 56.3 Å². The molecule has 0 aliphatic carbocycles. The van der Waals surface area contributed by atoms with Crippen LogP contribution in [0.25, 0.3) is 0 Å². The van der Waals surface area contributed by atoms with Gasteiger partial charge < -0.3 is 14.8 Å². The van der Waals surface area contributed by atoms with E-state index in [2.05, 4.69) is 15.3 Å². The van der Waals surface area contributed by atoms with Crippen LogP contribution in [0, 0.1) is 13.8 Å². The van der Waals surface area contributed by atoms with Gasteiger partial charge in [0.2, 0.25) is 0 Å².